The lowest BCUT2D eigenvalue weighted by Crippen LogP contribution is -2.59. The van der Waals surface area contributed by atoms with Gasteiger partial charge in [-0.25, -0.2) is 0 Å². The van der Waals surface area contributed by atoms with Crippen molar-refractivity contribution in [2.24, 2.45) is 5.92 Å². The number of hydrogen-bond acceptors (Lipinski definition) is 5. The molecule has 2 aliphatic heterocycles. The zero-order chi connectivity index (χ0) is 19.3. The third-order valence-electron chi connectivity index (χ3n) is 4.94. The number of alkyl halides is 3. The van der Waals surface area contributed by atoms with Crippen molar-refractivity contribution in [1.29, 1.82) is 0 Å². The molecule has 2 N–H and O–H groups in total. The maximum atomic E-state index is 13.4. The molecule has 2 saturated heterocycles. The molecule has 0 aromatic carbocycles. The van der Waals surface area contributed by atoms with Crippen LogP contribution in [0.15, 0.2) is 0 Å². The van der Waals surface area contributed by atoms with Crippen LogP contribution in [0.4, 0.5) is 13.2 Å². The predicted molar refractivity (Wildman–Crippen MR) is 102 cm³/mol. The average molecular weight is 433 g/mol. The molecule has 0 aromatic heterocycles. The Bertz CT molecular complexity index is 507. The molecule has 158 valence electrons. The largest absolute Gasteiger partial charge is 0.405 e. The lowest BCUT2D eigenvalue weighted by molar-refractivity contribution is -0.184. The molecule has 0 bridgehead atoms. The number of rotatable bonds is 6. The summed E-state index contributed by atoms with van der Waals surface area (Å²) in [6, 6.07) is -2.40. The Labute approximate surface area is 168 Å². The first-order valence-electron chi connectivity index (χ1n) is 8.93. The SMILES string of the molecule is CCC(C)C(=O)N1CSCC1C(=O)NCC(N1CCNCC1)C(F)(F)F.Cl. The zero-order valence-electron chi connectivity index (χ0n) is 15.6. The second kappa shape index (κ2) is 10.7. The van der Waals surface area contributed by atoms with Crippen LogP contribution in [0.2, 0.25) is 0 Å². The van der Waals surface area contributed by atoms with Crippen molar-refractivity contribution in [2.45, 2.75) is 38.5 Å². The van der Waals surface area contributed by atoms with Gasteiger partial charge >= 0.3 is 6.18 Å². The number of nitrogens with one attached hydrogen (secondary N) is 2. The van der Waals surface area contributed by atoms with Crippen molar-refractivity contribution in [1.82, 2.24) is 20.4 Å². The molecule has 0 aromatic rings. The highest BCUT2D eigenvalue weighted by Gasteiger charge is 2.44. The van der Waals surface area contributed by atoms with Crippen molar-refractivity contribution < 1.29 is 22.8 Å². The van der Waals surface area contributed by atoms with Crippen molar-refractivity contribution in [3.05, 3.63) is 0 Å². The fourth-order valence-corrected chi connectivity index (χ4v) is 4.26. The van der Waals surface area contributed by atoms with Gasteiger partial charge in [0.1, 0.15) is 12.1 Å². The standard InChI is InChI=1S/C16H27F3N4O2S.ClH/c1-3-11(2)15(25)23-10-26-9-12(23)14(24)21-8-13(16(17,18)19)22-6-4-20-5-7-22;/h11-13,20H,3-10H2,1-2H3,(H,21,24);1H. The molecule has 2 fully saturated rings. The van der Waals surface area contributed by atoms with Gasteiger partial charge in [0.2, 0.25) is 11.8 Å². The summed E-state index contributed by atoms with van der Waals surface area (Å²) in [5.74, 6) is -0.00368. The van der Waals surface area contributed by atoms with Crippen molar-refractivity contribution in [3.63, 3.8) is 0 Å². The Morgan fingerprint density at radius 3 is 2.48 bits per heavy atom. The van der Waals surface area contributed by atoms with E-state index in [1.165, 1.54) is 21.6 Å². The number of nitrogens with zero attached hydrogens (tertiary/aromatic N) is 2. The summed E-state index contributed by atoms with van der Waals surface area (Å²) in [6.07, 6.45) is -3.76. The number of halogens is 4. The Morgan fingerprint density at radius 1 is 1.30 bits per heavy atom. The molecule has 27 heavy (non-hydrogen) atoms. The highest BCUT2D eigenvalue weighted by atomic mass is 35.5. The molecule has 3 atom stereocenters. The van der Waals surface area contributed by atoms with Crippen LogP contribution in [0, 0.1) is 5.92 Å². The van der Waals surface area contributed by atoms with E-state index in [1.54, 1.807) is 6.92 Å². The van der Waals surface area contributed by atoms with Crippen LogP contribution in [0.3, 0.4) is 0 Å². The summed E-state index contributed by atoms with van der Waals surface area (Å²) in [5, 5.41) is 5.46. The monoisotopic (exact) mass is 432 g/mol. The van der Waals surface area contributed by atoms with Gasteiger partial charge in [-0.1, -0.05) is 13.8 Å². The molecule has 0 aliphatic carbocycles. The lowest BCUT2D eigenvalue weighted by atomic mass is 10.1. The molecule has 0 spiro atoms. The Balaban J connectivity index is 0.00000364. The van der Waals surface area contributed by atoms with Crippen LogP contribution in [0.5, 0.6) is 0 Å². The van der Waals surface area contributed by atoms with E-state index >= 15 is 0 Å². The van der Waals surface area contributed by atoms with Crippen LogP contribution < -0.4 is 10.6 Å². The predicted octanol–water partition coefficient (Wildman–Crippen LogP) is 1.31. The first kappa shape index (κ1) is 24.3. The van der Waals surface area contributed by atoms with Crippen LogP contribution in [-0.2, 0) is 9.59 Å². The molecule has 2 amide bonds. The number of carbonyl (C=O) groups excluding carboxylic acids is 2. The smallest absolute Gasteiger partial charge is 0.352 e. The topological polar surface area (TPSA) is 64.7 Å². The Kier molecular flexibility index (Phi) is 9.67. The van der Waals surface area contributed by atoms with E-state index in [4.69, 9.17) is 0 Å². The summed E-state index contributed by atoms with van der Waals surface area (Å²) >= 11 is 1.45. The molecule has 0 radical (unpaired) electrons. The van der Waals surface area contributed by atoms with Gasteiger partial charge in [-0.3, -0.25) is 14.5 Å². The lowest BCUT2D eigenvalue weighted by Gasteiger charge is -2.36. The van der Waals surface area contributed by atoms with E-state index in [0.29, 0.717) is 31.1 Å². The minimum atomic E-state index is -4.42. The van der Waals surface area contributed by atoms with Gasteiger partial charge in [0.15, 0.2) is 0 Å². The third kappa shape index (κ3) is 6.40. The fourth-order valence-electron chi connectivity index (χ4n) is 3.10. The second-order valence-electron chi connectivity index (χ2n) is 6.72. The number of carbonyl (C=O) groups is 2. The van der Waals surface area contributed by atoms with Gasteiger partial charge in [-0.2, -0.15) is 13.2 Å². The highest BCUT2D eigenvalue weighted by molar-refractivity contribution is 7.99. The number of amides is 2. The molecule has 6 nitrogen and oxygen atoms in total. The first-order chi connectivity index (χ1) is 12.3. The first-order valence-corrected chi connectivity index (χ1v) is 10.1. The minimum absolute atomic E-state index is 0. The molecule has 11 heteroatoms. The maximum Gasteiger partial charge on any atom is 0.405 e. The molecular weight excluding hydrogens is 405 g/mol. The summed E-state index contributed by atoms with van der Waals surface area (Å²) in [4.78, 5) is 27.7. The minimum Gasteiger partial charge on any atom is -0.352 e. The highest BCUT2D eigenvalue weighted by Crippen LogP contribution is 2.26. The molecule has 3 unspecified atom stereocenters. The molecule has 0 saturated carbocycles. The summed E-state index contributed by atoms with van der Waals surface area (Å²) < 4.78 is 40.2. The van der Waals surface area contributed by atoms with E-state index in [1.807, 2.05) is 6.92 Å². The average Bonchev–Trinajstić information content (AvgIpc) is 3.10. The fraction of sp³-hybridized carbons (Fsp3) is 0.875. The summed E-state index contributed by atoms with van der Waals surface area (Å²) in [7, 11) is 0. The molecule has 2 aliphatic rings. The van der Waals surface area contributed by atoms with Gasteiger partial charge in [-0.05, 0) is 6.42 Å². The Hall–Kier alpha value is -0.710. The second-order valence-corrected chi connectivity index (χ2v) is 7.72. The van der Waals surface area contributed by atoms with E-state index in [9.17, 15) is 22.8 Å². The van der Waals surface area contributed by atoms with Crippen LogP contribution >= 0.6 is 24.2 Å². The summed E-state index contributed by atoms with van der Waals surface area (Å²) in [5.41, 5.74) is 0. The van der Waals surface area contributed by atoms with Gasteiger partial charge in [0.25, 0.3) is 0 Å². The number of thioether (sulfide) groups is 1. The summed E-state index contributed by atoms with van der Waals surface area (Å²) in [6.45, 7) is 4.77. The normalized spacial score (nSPS) is 23.4. The van der Waals surface area contributed by atoms with E-state index < -0.39 is 30.7 Å². The quantitative estimate of drug-likeness (QED) is 0.662. The molecular formula is C16H28ClF3N4O2S. The third-order valence-corrected chi connectivity index (χ3v) is 5.95. The molecule has 2 rings (SSSR count). The van der Waals surface area contributed by atoms with Crippen LogP contribution in [-0.4, -0.2) is 84.2 Å². The number of hydrogen-bond donors (Lipinski definition) is 2. The van der Waals surface area contributed by atoms with Gasteiger partial charge in [0, 0.05) is 44.4 Å². The number of piperazine rings is 1. The zero-order valence-corrected chi connectivity index (χ0v) is 17.2. The van der Waals surface area contributed by atoms with Crippen molar-refractivity contribution in [2.75, 3.05) is 44.4 Å². The Morgan fingerprint density at radius 2 is 1.93 bits per heavy atom. The maximum absolute atomic E-state index is 13.4. The van der Waals surface area contributed by atoms with Crippen molar-refractivity contribution >= 4 is 36.0 Å². The van der Waals surface area contributed by atoms with E-state index in [2.05, 4.69) is 10.6 Å². The molecule has 2 heterocycles. The van der Waals surface area contributed by atoms with Gasteiger partial charge in [0.05, 0.1) is 5.88 Å². The van der Waals surface area contributed by atoms with Crippen molar-refractivity contribution in [3.8, 4) is 0 Å². The van der Waals surface area contributed by atoms with Crippen LogP contribution in [0.1, 0.15) is 20.3 Å². The van der Waals surface area contributed by atoms with Gasteiger partial charge < -0.3 is 15.5 Å². The van der Waals surface area contributed by atoms with E-state index in [0.717, 1.165) is 0 Å². The van der Waals surface area contributed by atoms with E-state index in [-0.39, 0.29) is 37.3 Å². The van der Waals surface area contributed by atoms with Gasteiger partial charge in [-0.15, -0.1) is 24.2 Å². The van der Waals surface area contributed by atoms with Crippen LogP contribution in [0.25, 0.3) is 0 Å².